The van der Waals surface area contributed by atoms with Gasteiger partial charge < -0.3 is 14.4 Å². The van der Waals surface area contributed by atoms with Crippen LogP contribution in [0.1, 0.15) is 38.5 Å². The highest BCUT2D eigenvalue weighted by Crippen LogP contribution is 2.35. The molecule has 1 atom stereocenters. The van der Waals surface area contributed by atoms with Gasteiger partial charge in [-0.15, -0.1) is 0 Å². The SMILES string of the molecule is COc1ccc(N=C2CCC(=O)C2CN(C)C)cc1OC1CCCC1. The average Bonchev–Trinajstić information content (AvgIpc) is 3.20. The van der Waals surface area contributed by atoms with E-state index in [1.165, 1.54) is 12.8 Å². The maximum Gasteiger partial charge on any atom is 0.163 e. The first-order valence-corrected chi connectivity index (χ1v) is 9.16. The third-order valence-corrected chi connectivity index (χ3v) is 4.98. The normalized spacial score (nSPS) is 23.0. The van der Waals surface area contributed by atoms with Crippen molar-refractivity contribution in [3.8, 4) is 11.5 Å². The van der Waals surface area contributed by atoms with E-state index in [1.54, 1.807) is 7.11 Å². The number of rotatable bonds is 6. The molecule has 1 aromatic carbocycles. The molecule has 136 valence electrons. The van der Waals surface area contributed by atoms with Crippen molar-refractivity contribution in [1.82, 2.24) is 4.90 Å². The first-order chi connectivity index (χ1) is 12.1. The van der Waals surface area contributed by atoms with Gasteiger partial charge in [0, 0.05) is 24.7 Å². The standard InChI is InChI=1S/C20H28N2O3/c1-22(2)13-16-17(9-10-18(16)23)21-14-8-11-19(24-3)20(12-14)25-15-6-4-5-7-15/h8,11-12,15-16H,4-7,9-10,13H2,1-3H3. The molecule has 0 heterocycles. The first-order valence-electron chi connectivity index (χ1n) is 9.16. The molecule has 0 amide bonds. The molecule has 0 N–H and O–H groups in total. The lowest BCUT2D eigenvalue weighted by Gasteiger charge is -2.17. The Morgan fingerprint density at radius 1 is 1.16 bits per heavy atom. The van der Waals surface area contributed by atoms with Gasteiger partial charge in [0.25, 0.3) is 0 Å². The van der Waals surface area contributed by atoms with Gasteiger partial charge in [0.2, 0.25) is 0 Å². The Hall–Kier alpha value is -1.88. The minimum absolute atomic E-state index is 0.0868. The molecule has 2 fully saturated rings. The van der Waals surface area contributed by atoms with Crippen LogP contribution in [-0.4, -0.2) is 50.2 Å². The number of Topliss-reactive ketones (excluding diaryl/α,β-unsaturated/α-hetero) is 1. The van der Waals surface area contributed by atoms with Crippen LogP contribution in [-0.2, 0) is 4.79 Å². The highest BCUT2D eigenvalue weighted by atomic mass is 16.5. The molecule has 1 unspecified atom stereocenters. The van der Waals surface area contributed by atoms with Crippen molar-refractivity contribution in [2.24, 2.45) is 10.9 Å². The number of carbonyl (C=O) groups excluding carboxylic acids is 1. The van der Waals surface area contributed by atoms with Crippen molar-refractivity contribution < 1.29 is 14.3 Å². The van der Waals surface area contributed by atoms with E-state index >= 15 is 0 Å². The summed E-state index contributed by atoms with van der Waals surface area (Å²) in [7, 11) is 5.64. The predicted molar refractivity (Wildman–Crippen MR) is 99.3 cm³/mol. The van der Waals surface area contributed by atoms with E-state index in [-0.39, 0.29) is 12.0 Å². The van der Waals surface area contributed by atoms with Crippen LogP contribution in [0.5, 0.6) is 11.5 Å². The smallest absolute Gasteiger partial charge is 0.163 e. The summed E-state index contributed by atoms with van der Waals surface area (Å²) < 4.78 is 11.6. The summed E-state index contributed by atoms with van der Waals surface area (Å²) in [5.74, 6) is 1.70. The second-order valence-electron chi connectivity index (χ2n) is 7.24. The van der Waals surface area contributed by atoms with E-state index in [2.05, 4.69) is 0 Å². The number of aliphatic imine (C=N–C) groups is 1. The van der Waals surface area contributed by atoms with Gasteiger partial charge in [-0.25, -0.2) is 0 Å². The van der Waals surface area contributed by atoms with Gasteiger partial charge in [-0.2, -0.15) is 0 Å². The van der Waals surface area contributed by atoms with Gasteiger partial charge in [-0.05, 0) is 58.3 Å². The van der Waals surface area contributed by atoms with Crippen molar-refractivity contribution in [2.45, 2.75) is 44.6 Å². The molecule has 0 saturated heterocycles. The molecule has 1 aromatic rings. The summed E-state index contributed by atoms with van der Waals surface area (Å²) in [6.45, 7) is 0.721. The largest absolute Gasteiger partial charge is 0.493 e. The summed E-state index contributed by atoms with van der Waals surface area (Å²) in [6, 6.07) is 5.78. The summed E-state index contributed by atoms with van der Waals surface area (Å²) >= 11 is 0. The fourth-order valence-electron chi connectivity index (χ4n) is 3.67. The molecular formula is C20H28N2O3. The van der Waals surface area contributed by atoms with E-state index in [0.29, 0.717) is 12.2 Å². The zero-order valence-electron chi connectivity index (χ0n) is 15.5. The Morgan fingerprint density at radius 3 is 2.60 bits per heavy atom. The molecule has 2 aliphatic rings. The molecule has 5 heteroatoms. The lowest BCUT2D eigenvalue weighted by Crippen LogP contribution is -2.28. The van der Waals surface area contributed by atoms with E-state index in [9.17, 15) is 4.79 Å². The van der Waals surface area contributed by atoms with Gasteiger partial charge in [0.05, 0.1) is 24.8 Å². The lowest BCUT2D eigenvalue weighted by molar-refractivity contribution is -0.120. The maximum absolute atomic E-state index is 12.2. The fraction of sp³-hybridized carbons (Fsp3) is 0.600. The monoisotopic (exact) mass is 344 g/mol. The van der Waals surface area contributed by atoms with Crippen LogP contribution in [0.25, 0.3) is 0 Å². The van der Waals surface area contributed by atoms with Crippen LogP contribution in [0.3, 0.4) is 0 Å². The third kappa shape index (κ3) is 4.40. The minimum Gasteiger partial charge on any atom is -0.493 e. The molecule has 2 aliphatic carbocycles. The second-order valence-corrected chi connectivity index (χ2v) is 7.24. The topological polar surface area (TPSA) is 51.1 Å². The lowest BCUT2D eigenvalue weighted by atomic mass is 10.1. The highest BCUT2D eigenvalue weighted by molar-refractivity contribution is 6.12. The van der Waals surface area contributed by atoms with Crippen molar-refractivity contribution in [1.29, 1.82) is 0 Å². The van der Waals surface area contributed by atoms with Gasteiger partial charge in [0.1, 0.15) is 5.78 Å². The van der Waals surface area contributed by atoms with Gasteiger partial charge in [0.15, 0.2) is 11.5 Å². The molecule has 25 heavy (non-hydrogen) atoms. The van der Waals surface area contributed by atoms with E-state index in [0.717, 1.165) is 48.7 Å². The number of carbonyl (C=O) groups is 1. The number of hydrogen-bond acceptors (Lipinski definition) is 5. The Morgan fingerprint density at radius 2 is 1.92 bits per heavy atom. The van der Waals surface area contributed by atoms with Crippen LogP contribution in [0.4, 0.5) is 5.69 Å². The Labute approximate surface area is 150 Å². The van der Waals surface area contributed by atoms with Gasteiger partial charge >= 0.3 is 0 Å². The van der Waals surface area contributed by atoms with E-state index in [4.69, 9.17) is 14.5 Å². The molecule has 2 saturated carbocycles. The molecule has 0 spiro atoms. The zero-order chi connectivity index (χ0) is 17.8. The Bertz CT molecular complexity index is 648. The molecule has 0 aromatic heterocycles. The van der Waals surface area contributed by atoms with Crippen molar-refractivity contribution >= 4 is 17.2 Å². The molecule has 0 aliphatic heterocycles. The van der Waals surface area contributed by atoms with Gasteiger partial charge in [-0.3, -0.25) is 9.79 Å². The Balaban J connectivity index is 1.82. The zero-order valence-corrected chi connectivity index (χ0v) is 15.5. The number of nitrogens with zero attached hydrogens (tertiary/aromatic N) is 2. The van der Waals surface area contributed by atoms with Crippen LogP contribution < -0.4 is 9.47 Å². The molecule has 0 bridgehead atoms. The third-order valence-electron chi connectivity index (χ3n) is 4.98. The first kappa shape index (κ1) is 17.9. The Kier molecular flexibility index (Phi) is 5.74. The quantitative estimate of drug-likeness (QED) is 0.791. The van der Waals surface area contributed by atoms with E-state index < -0.39 is 0 Å². The van der Waals surface area contributed by atoms with Crippen molar-refractivity contribution in [2.75, 3.05) is 27.7 Å². The molecule has 5 nitrogen and oxygen atoms in total. The predicted octanol–water partition coefficient (Wildman–Crippen LogP) is 3.63. The fourth-order valence-corrected chi connectivity index (χ4v) is 3.67. The number of ether oxygens (including phenoxy) is 2. The van der Waals surface area contributed by atoms with Crippen molar-refractivity contribution in [3.05, 3.63) is 18.2 Å². The maximum atomic E-state index is 12.2. The number of benzene rings is 1. The number of hydrogen-bond donors (Lipinski definition) is 0. The van der Waals surface area contributed by atoms with Crippen molar-refractivity contribution in [3.63, 3.8) is 0 Å². The van der Waals surface area contributed by atoms with Gasteiger partial charge in [-0.1, -0.05) is 0 Å². The van der Waals surface area contributed by atoms with Crippen LogP contribution in [0.15, 0.2) is 23.2 Å². The molecular weight excluding hydrogens is 316 g/mol. The van der Waals surface area contributed by atoms with E-state index in [1.807, 2.05) is 37.2 Å². The summed E-state index contributed by atoms with van der Waals surface area (Å²) in [4.78, 5) is 19.0. The van der Waals surface area contributed by atoms with Crippen LogP contribution >= 0.6 is 0 Å². The highest BCUT2D eigenvalue weighted by Gasteiger charge is 2.31. The minimum atomic E-state index is -0.0868. The second kappa shape index (κ2) is 8.00. The molecule has 0 radical (unpaired) electrons. The number of methoxy groups -OCH3 is 1. The molecule has 3 rings (SSSR count). The number of ketones is 1. The van der Waals surface area contributed by atoms with Crippen LogP contribution in [0, 0.1) is 5.92 Å². The van der Waals surface area contributed by atoms with Crippen LogP contribution in [0.2, 0.25) is 0 Å². The summed E-state index contributed by atoms with van der Waals surface area (Å²) in [5, 5.41) is 0. The summed E-state index contributed by atoms with van der Waals surface area (Å²) in [5.41, 5.74) is 1.82. The summed E-state index contributed by atoms with van der Waals surface area (Å²) in [6.07, 6.45) is 6.27. The average molecular weight is 344 g/mol.